The van der Waals surface area contributed by atoms with Gasteiger partial charge in [-0.25, -0.2) is 0 Å². The topological polar surface area (TPSA) is 57.5 Å². The number of carbonyl (C=O) groups is 1. The molecular formula is C7H10O3. The molecule has 2 aliphatic rings. The molecule has 0 radical (unpaired) electrons. The molecule has 0 heterocycles. The summed E-state index contributed by atoms with van der Waals surface area (Å²) in [5, 5.41) is 17.2. The molecule has 2 saturated carbocycles. The summed E-state index contributed by atoms with van der Waals surface area (Å²) in [6.45, 7) is 0.170. The molecular weight excluding hydrogens is 132 g/mol. The highest BCUT2D eigenvalue weighted by atomic mass is 16.4. The minimum atomic E-state index is -0.684. The summed E-state index contributed by atoms with van der Waals surface area (Å²) < 4.78 is 0. The Morgan fingerprint density at radius 1 is 1.60 bits per heavy atom. The Hall–Kier alpha value is -0.570. The highest BCUT2D eigenvalue weighted by Crippen LogP contribution is 2.74. The van der Waals surface area contributed by atoms with Crippen LogP contribution in [0.15, 0.2) is 0 Å². The first-order valence-corrected chi connectivity index (χ1v) is 3.54. The number of aliphatic carboxylic acids is 1. The van der Waals surface area contributed by atoms with Crippen LogP contribution < -0.4 is 0 Å². The molecule has 0 bridgehead atoms. The van der Waals surface area contributed by atoms with Crippen LogP contribution in [0.4, 0.5) is 0 Å². The van der Waals surface area contributed by atoms with Crippen molar-refractivity contribution >= 4 is 5.97 Å². The first-order valence-electron chi connectivity index (χ1n) is 3.54. The van der Waals surface area contributed by atoms with Gasteiger partial charge < -0.3 is 10.2 Å². The second kappa shape index (κ2) is 1.53. The summed E-state index contributed by atoms with van der Waals surface area (Å²) in [6.07, 6.45) is 1.73. The zero-order valence-electron chi connectivity index (χ0n) is 5.58. The van der Waals surface area contributed by atoms with Gasteiger partial charge in [0.1, 0.15) is 0 Å². The molecule has 0 aromatic carbocycles. The summed E-state index contributed by atoms with van der Waals surface area (Å²) in [6, 6.07) is 0. The van der Waals surface area contributed by atoms with E-state index in [4.69, 9.17) is 10.2 Å². The molecule has 2 N–H and O–H groups in total. The van der Waals surface area contributed by atoms with Gasteiger partial charge in [0.15, 0.2) is 0 Å². The van der Waals surface area contributed by atoms with Gasteiger partial charge in [0.2, 0.25) is 0 Å². The van der Waals surface area contributed by atoms with Crippen molar-refractivity contribution in [2.24, 2.45) is 17.3 Å². The third-order valence-electron chi connectivity index (χ3n) is 2.92. The van der Waals surface area contributed by atoms with Crippen LogP contribution in [0.1, 0.15) is 12.8 Å². The van der Waals surface area contributed by atoms with Gasteiger partial charge in [-0.2, -0.15) is 0 Å². The second-order valence-electron chi connectivity index (χ2n) is 3.41. The highest BCUT2D eigenvalue weighted by molar-refractivity contribution is 5.76. The molecule has 10 heavy (non-hydrogen) atoms. The molecule has 2 rings (SSSR count). The van der Waals surface area contributed by atoms with E-state index in [-0.39, 0.29) is 17.9 Å². The van der Waals surface area contributed by atoms with Gasteiger partial charge in [-0.05, 0) is 24.2 Å². The number of hydrogen-bond donors (Lipinski definition) is 2. The monoisotopic (exact) mass is 142 g/mol. The summed E-state index contributed by atoms with van der Waals surface area (Å²) in [7, 11) is 0. The Labute approximate surface area is 58.7 Å². The van der Waals surface area contributed by atoms with Crippen LogP contribution in [0.2, 0.25) is 0 Å². The Bertz CT molecular complexity index is 189. The molecule has 3 nitrogen and oxygen atoms in total. The van der Waals surface area contributed by atoms with E-state index in [9.17, 15) is 4.79 Å². The molecule has 3 heteroatoms. The maximum atomic E-state index is 10.4. The molecule has 0 saturated heterocycles. The van der Waals surface area contributed by atoms with E-state index in [2.05, 4.69) is 0 Å². The van der Waals surface area contributed by atoms with E-state index in [1.54, 1.807) is 0 Å². The SMILES string of the molecule is O=C(O)[C@H]1C[C@]12C[C@H]2CO. The van der Waals surface area contributed by atoms with Crippen molar-refractivity contribution in [1.82, 2.24) is 0 Å². The lowest BCUT2D eigenvalue weighted by Crippen LogP contribution is -2.01. The number of hydrogen-bond acceptors (Lipinski definition) is 2. The number of aliphatic hydroxyl groups excluding tert-OH is 1. The normalized spacial score (nSPS) is 49.3. The number of carboxylic acid groups (broad SMARTS) is 1. The first-order chi connectivity index (χ1) is 4.70. The maximum Gasteiger partial charge on any atom is 0.307 e. The summed E-state index contributed by atoms with van der Waals surface area (Å²) >= 11 is 0. The standard InChI is InChI=1S/C7H10O3/c8-3-4-1-7(4)2-5(7)6(9)10/h4-5,8H,1-3H2,(H,9,10)/t4-,5+,7-/m0/s1. The zero-order valence-corrected chi connectivity index (χ0v) is 5.58. The molecule has 0 unspecified atom stereocenters. The van der Waals surface area contributed by atoms with Crippen LogP contribution in [-0.2, 0) is 4.79 Å². The second-order valence-corrected chi connectivity index (χ2v) is 3.41. The third-order valence-corrected chi connectivity index (χ3v) is 2.92. The van der Waals surface area contributed by atoms with Crippen LogP contribution >= 0.6 is 0 Å². The lowest BCUT2D eigenvalue weighted by Gasteiger charge is -1.88. The van der Waals surface area contributed by atoms with E-state index >= 15 is 0 Å². The first kappa shape index (κ1) is 6.16. The van der Waals surface area contributed by atoms with Gasteiger partial charge in [0.05, 0.1) is 5.92 Å². The van der Waals surface area contributed by atoms with E-state index < -0.39 is 5.97 Å². The van der Waals surface area contributed by atoms with Crippen LogP contribution in [0.3, 0.4) is 0 Å². The Kier molecular flexibility index (Phi) is 0.944. The fraction of sp³-hybridized carbons (Fsp3) is 0.857. The van der Waals surface area contributed by atoms with Crippen LogP contribution in [0.25, 0.3) is 0 Å². The molecule has 1 spiro atoms. The van der Waals surface area contributed by atoms with Crippen molar-refractivity contribution in [2.45, 2.75) is 12.8 Å². The average molecular weight is 142 g/mol. The van der Waals surface area contributed by atoms with Crippen molar-refractivity contribution in [3.63, 3.8) is 0 Å². The van der Waals surface area contributed by atoms with Gasteiger partial charge in [-0.3, -0.25) is 4.79 Å². The molecule has 0 amide bonds. The van der Waals surface area contributed by atoms with E-state index in [1.807, 2.05) is 0 Å². The van der Waals surface area contributed by atoms with Gasteiger partial charge in [0.25, 0.3) is 0 Å². The Morgan fingerprint density at radius 2 is 2.30 bits per heavy atom. The summed E-state index contributed by atoms with van der Waals surface area (Å²) in [4.78, 5) is 10.4. The Morgan fingerprint density at radius 3 is 2.60 bits per heavy atom. The lowest BCUT2D eigenvalue weighted by atomic mass is 10.2. The zero-order chi connectivity index (χ0) is 7.35. The van der Waals surface area contributed by atoms with Gasteiger partial charge >= 0.3 is 5.97 Å². The smallest absolute Gasteiger partial charge is 0.307 e. The Balaban J connectivity index is 1.97. The van der Waals surface area contributed by atoms with Crippen molar-refractivity contribution < 1.29 is 15.0 Å². The molecule has 2 fully saturated rings. The molecule has 0 aromatic rings. The lowest BCUT2D eigenvalue weighted by molar-refractivity contribution is -0.139. The minimum absolute atomic E-state index is 0.0561. The number of aliphatic hydroxyl groups is 1. The molecule has 0 aromatic heterocycles. The molecule has 56 valence electrons. The fourth-order valence-corrected chi connectivity index (χ4v) is 1.98. The largest absolute Gasteiger partial charge is 0.481 e. The predicted octanol–water partition coefficient (Wildman–Crippen LogP) is 0.0895. The number of rotatable bonds is 2. The summed E-state index contributed by atoms with van der Waals surface area (Å²) in [5.41, 5.74) is 0.0561. The third kappa shape index (κ3) is 0.560. The minimum Gasteiger partial charge on any atom is -0.481 e. The van der Waals surface area contributed by atoms with Crippen molar-refractivity contribution in [1.29, 1.82) is 0 Å². The van der Waals surface area contributed by atoms with Crippen molar-refractivity contribution in [2.75, 3.05) is 6.61 Å². The van der Waals surface area contributed by atoms with Crippen molar-refractivity contribution in [3.05, 3.63) is 0 Å². The average Bonchev–Trinajstić information content (AvgIpc) is 2.73. The predicted molar refractivity (Wildman–Crippen MR) is 33.4 cm³/mol. The summed E-state index contributed by atoms with van der Waals surface area (Å²) in [5.74, 6) is -0.519. The number of carboxylic acids is 1. The maximum absolute atomic E-state index is 10.4. The van der Waals surface area contributed by atoms with E-state index in [0.717, 1.165) is 12.8 Å². The van der Waals surface area contributed by atoms with Crippen molar-refractivity contribution in [3.8, 4) is 0 Å². The van der Waals surface area contributed by atoms with Gasteiger partial charge in [0, 0.05) is 6.61 Å². The van der Waals surface area contributed by atoms with Crippen LogP contribution in [0.5, 0.6) is 0 Å². The van der Waals surface area contributed by atoms with Gasteiger partial charge in [-0.1, -0.05) is 0 Å². The van der Waals surface area contributed by atoms with Crippen LogP contribution in [0, 0.1) is 17.3 Å². The highest BCUT2D eigenvalue weighted by Gasteiger charge is 2.72. The molecule has 3 atom stereocenters. The van der Waals surface area contributed by atoms with E-state index in [0.29, 0.717) is 5.92 Å². The molecule has 0 aliphatic heterocycles. The fourth-order valence-electron chi connectivity index (χ4n) is 1.98. The van der Waals surface area contributed by atoms with E-state index in [1.165, 1.54) is 0 Å². The quantitative estimate of drug-likeness (QED) is 0.574. The molecule has 2 aliphatic carbocycles. The van der Waals surface area contributed by atoms with Crippen LogP contribution in [-0.4, -0.2) is 22.8 Å². The van der Waals surface area contributed by atoms with Gasteiger partial charge in [-0.15, -0.1) is 0 Å².